The first-order valence-electron chi connectivity index (χ1n) is 6.50. The first-order chi connectivity index (χ1) is 10.8. The molecule has 1 saturated heterocycles. The lowest BCUT2D eigenvalue weighted by atomic mass is 10.0. The first kappa shape index (κ1) is 18.7. The number of carbonyl (C=O) groups is 3. The zero-order valence-electron chi connectivity index (χ0n) is 13.0. The van der Waals surface area contributed by atoms with E-state index in [0.29, 0.717) is 0 Å². The molecular formula is C12H17N3O8. The summed E-state index contributed by atoms with van der Waals surface area (Å²) in [7, 11) is 2.37. The van der Waals surface area contributed by atoms with E-state index in [4.69, 9.17) is 24.5 Å². The minimum atomic E-state index is -1.45. The average Bonchev–Trinajstić information content (AvgIpc) is 2.80. The van der Waals surface area contributed by atoms with Crippen LogP contribution in [0.4, 0.5) is 0 Å². The molecule has 11 heteroatoms. The SMILES string of the molecule is COC(=O)[C@@H](N=[N+]=[N-])[C@H]1OC(OC)[C@H](OC(C)=O)[C@@H]1OC(C)=O. The maximum Gasteiger partial charge on any atom is 0.317 e. The zero-order chi connectivity index (χ0) is 17.6. The van der Waals surface area contributed by atoms with Crippen molar-refractivity contribution >= 4 is 17.9 Å². The Bertz CT molecular complexity index is 518. The van der Waals surface area contributed by atoms with E-state index >= 15 is 0 Å². The van der Waals surface area contributed by atoms with Gasteiger partial charge in [-0.25, -0.2) is 0 Å². The summed E-state index contributed by atoms with van der Waals surface area (Å²) in [5.74, 6) is -2.28. The Morgan fingerprint density at radius 1 is 1.13 bits per heavy atom. The summed E-state index contributed by atoms with van der Waals surface area (Å²) in [6, 6.07) is -1.45. The summed E-state index contributed by atoms with van der Waals surface area (Å²) in [6.07, 6.45) is -4.70. The Morgan fingerprint density at radius 3 is 2.13 bits per heavy atom. The Hall–Kier alpha value is -2.36. The van der Waals surface area contributed by atoms with Gasteiger partial charge >= 0.3 is 17.9 Å². The maximum atomic E-state index is 11.8. The second kappa shape index (κ2) is 8.32. The van der Waals surface area contributed by atoms with Crippen molar-refractivity contribution < 1.29 is 38.1 Å². The van der Waals surface area contributed by atoms with Crippen LogP contribution in [-0.2, 0) is 38.1 Å². The molecule has 0 aliphatic carbocycles. The van der Waals surface area contributed by atoms with Gasteiger partial charge in [0.25, 0.3) is 0 Å². The number of carbonyl (C=O) groups excluding carboxylic acids is 3. The van der Waals surface area contributed by atoms with Crippen molar-refractivity contribution in [3.05, 3.63) is 10.4 Å². The van der Waals surface area contributed by atoms with E-state index in [9.17, 15) is 14.4 Å². The van der Waals surface area contributed by atoms with Crippen molar-refractivity contribution in [1.82, 2.24) is 0 Å². The molecule has 0 amide bonds. The number of esters is 3. The molecule has 1 aliphatic rings. The van der Waals surface area contributed by atoms with E-state index in [1.165, 1.54) is 7.11 Å². The monoisotopic (exact) mass is 331 g/mol. The number of hydrogen-bond acceptors (Lipinski definition) is 9. The third-order valence-corrected chi connectivity index (χ3v) is 2.97. The molecule has 11 nitrogen and oxygen atoms in total. The summed E-state index contributed by atoms with van der Waals surface area (Å²) in [5, 5.41) is 3.31. The molecule has 1 fully saturated rings. The van der Waals surface area contributed by atoms with Crippen LogP contribution in [0.5, 0.6) is 0 Å². The van der Waals surface area contributed by atoms with E-state index in [0.717, 1.165) is 21.0 Å². The lowest BCUT2D eigenvalue weighted by Crippen LogP contribution is -2.45. The van der Waals surface area contributed by atoms with Gasteiger partial charge in [0, 0.05) is 25.9 Å². The molecule has 1 unspecified atom stereocenters. The van der Waals surface area contributed by atoms with Gasteiger partial charge in [0.2, 0.25) is 0 Å². The topological polar surface area (TPSA) is 146 Å². The minimum Gasteiger partial charge on any atom is -0.469 e. The van der Waals surface area contributed by atoms with Gasteiger partial charge in [0.05, 0.1) is 7.11 Å². The van der Waals surface area contributed by atoms with Gasteiger partial charge in [0.1, 0.15) is 6.10 Å². The van der Waals surface area contributed by atoms with Crippen molar-refractivity contribution in [2.75, 3.05) is 14.2 Å². The Balaban J connectivity index is 3.20. The Labute approximate surface area is 131 Å². The van der Waals surface area contributed by atoms with Crippen LogP contribution in [-0.4, -0.2) is 62.8 Å². The fraction of sp³-hybridized carbons (Fsp3) is 0.750. The highest BCUT2D eigenvalue weighted by Gasteiger charge is 2.54. The third-order valence-electron chi connectivity index (χ3n) is 2.97. The fourth-order valence-corrected chi connectivity index (χ4v) is 2.16. The highest BCUT2D eigenvalue weighted by molar-refractivity contribution is 5.77. The quantitative estimate of drug-likeness (QED) is 0.218. The Kier molecular flexibility index (Phi) is 6.76. The van der Waals surface area contributed by atoms with Gasteiger partial charge in [-0.15, -0.1) is 0 Å². The molecule has 1 heterocycles. The van der Waals surface area contributed by atoms with Gasteiger partial charge < -0.3 is 23.7 Å². The zero-order valence-corrected chi connectivity index (χ0v) is 13.0. The van der Waals surface area contributed by atoms with Crippen LogP contribution in [0.2, 0.25) is 0 Å². The normalized spacial score (nSPS) is 27.5. The number of rotatable bonds is 6. The molecule has 1 aliphatic heterocycles. The molecule has 128 valence electrons. The number of ether oxygens (including phenoxy) is 5. The summed E-state index contributed by atoms with van der Waals surface area (Å²) >= 11 is 0. The molecule has 0 aromatic carbocycles. The standard InChI is InChI=1S/C12H17N3O8/c1-5(16)21-9-8(7(14-15-13)11(18)19-3)23-12(20-4)10(9)22-6(2)17/h7-10,12H,1-4H3/t7-,8+,9+,10+,12?/m0/s1. The summed E-state index contributed by atoms with van der Waals surface area (Å²) in [5.41, 5.74) is 8.61. The predicted molar refractivity (Wildman–Crippen MR) is 71.7 cm³/mol. The molecule has 23 heavy (non-hydrogen) atoms. The van der Waals surface area contributed by atoms with Crippen molar-refractivity contribution in [3.8, 4) is 0 Å². The second-order valence-corrected chi connectivity index (χ2v) is 4.53. The van der Waals surface area contributed by atoms with Gasteiger partial charge in [0.15, 0.2) is 24.5 Å². The predicted octanol–water partition coefficient (Wildman–Crippen LogP) is 0.0730. The average molecular weight is 331 g/mol. The highest BCUT2D eigenvalue weighted by Crippen LogP contribution is 2.31. The van der Waals surface area contributed by atoms with E-state index in [-0.39, 0.29) is 0 Å². The molecule has 0 spiro atoms. The molecule has 0 saturated carbocycles. The highest BCUT2D eigenvalue weighted by atomic mass is 16.7. The van der Waals surface area contributed by atoms with Gasteiger partial charge in [-0.1, -0.05) is 5.11 Å². The molecule has 0 N–H and O–H groups in total. The number of azide groups is 1. The van der Waals surface area contributed by atoms with Gasteiger partial charge in [-0.05, 0) is 5.53 Å². The summed E-state index contributed by atoms with van der Waals surface area (Å²) in [4.78, 5) is 36.9. The van der Waals surface area contributed by atoms with Crippen LogP contribution in [0, 0.1) is 0 Å². The molecule has 0 aromatic rings. The number of methoxy groups -OCH3 is 2. The molecule has 5 atom stereocenters. The van der Waals surface area contributed by atoms with Crippen LogP contribution in [0.25, 0.3) is 10.4 Å². The van der Waals surface area contributed by atoms with Gasteiger partial charge in [-0.3, -0.25) is 14.4 Å². The first-order valence-corrected chi connectivity index (χ1v) is 6.50. The smallest absolute Gasteiger partial charge is 0.317 e. The van der Waals surface area contributed by atoms with Crippen molar-refractivity contribution in [1.29, 1.82) is 0 Å². The molecule has 0 aromatic heterocycles. The fourth-order valence-electron chi connectivity index (χ4n) is 2.16. The van der Waals surface area contributed by atoms with Crippen LogP contribution < -0.4 is 0 Å². The minimum absolute atomic E-state index is 0.670. The molecular weight excluding hydrogens is 314 g/mol. The maximum absolute atomic E-state index is 11.8. The third kappa shape index (κ3) is 4.55. The molecule has 0 radical (unpaired) electrons. The largest absolute Gasteiger partial charge is 0.469 e. The van der Waals surface area contributed by atoms with Crippen LogP contribution in [0.3, 0.4) is 0 Å². The van der Waals surface area contributed by atoms with Crippen LogP contribution >= 0.6 is 0 Å². The second-order valence-electron chi connectivity index (χ2n) is 4.53. The molecule has 1 rings (SSSR count). The van der Waals surface area contributed by atoms with E-state index in [1.54, 1.807) is 0 Å². The lowest BCUT2D eigenvalue weighted by Gasteiger charge is -2.24. The number of hydrogen-bond donors (Lipinski definition) is 0. The van der Waals surface area contributed by atoms with Crippen molar-refractivity contribution in [3.63, 3.8) is 0 Å². The molecule has 0 bridgehead atoms. The van der Waals surface area contributed by atoms with E-state index in [2.05, 4.69) is 14.8 Å². The summed E-state index contributed by atoms with van der Waals surface area (Å²) in [6.45, 7) is 2.28. The van der Waals surface area contributed by atoms with E-state index < -0.39 is 48.6 Å². The van der Waals surface area contributed by atoms with Crippen LogP contribution in [0.15, 0.2) is 5.11 Å². The van der Waals surface area contributed by atoms with Crippen molar-refractivity contribution in [2.24, 2.45) is 5.11 Å². The summed E-state index contributed by atoms with van der Waals surface area (Å²) < 4.78 is 25.1. The number of nitrogens with zero attached hydrogens (tertiary/aromatic N) is 3. The van der Waals surface area contributed by atoms with E-state index in [1.807, 2.05) is 0 Å². The Morgan fingerprint density at radius 2 is 1.70 bits per heavy atom. The van der Waals surface area contributed by atoms with Crippen LogP contribution in [0.1, 0.15) is 13.8 Å². The van der Waals surface area contributed by atoms with Gasteiger partial charge in [-0.2, -0.15) is 0 Å². The van der Waals surface area contributed by atoms with Crippen molar-refractivity contribution in [2.45, 2.75) is 44.5 Å². The lowest BCUT2D eigenvalue weighted by molar-refractivity contribution is -0.181.